The maximum atomic E-state index is 11.7. The average Bonchev–Trinajstić information content (AvgIpc) is 2.42. The summed E-state index contributed by atoms with van der Waals surface area (Å²) in [6.07, 6.45) is 1.47. The number of benzene rings is 1. The van der Waals surface area contributed by atoms with Crippen LogP contribution in [0.15, 0.2) is 42.6 Å². The predicted octanol–water partition coefficient (Wildman–Crippen LogP) is 2.84. The third-order valence-corrected chi connectivity index (χ3v) is 2.64. The number of amides is 2. The predicted molar refractivity (Wildman–Crippen MR) is 76.2 cm³/mol. The lowest BCUT2D eigenvalue weighted by molar-refractivity contribution is 0.262. The summed E-state index contributed by atoms with van der Waals surface area (Å²) >= 11 is 5.71. The molecule has 0 saturated heterocycles. The van der Waals surface area contributed by atoms with Gasteiger partial charge in [0.25, 0.3) is 0 Å². The first kappa shape index (κ1) is 13.3. The van der Waals surface area contributed by atoms with E-state index in [9.17, 15) is 4.79 Å². The number of hydrogen-bond acceptors (Lipinski definition) is 3. The first-order valence-electron chi connectivity index (χ1n) is 5.66. The van der Waals surface area contributed by atoms with Gasteiger partial charge in [0.05, 0.1) is 5.02 Å². The number of nitrogens with one attached hydrogen (secondary N) is 2. The normalized spacial score (nSPS) is 10.0. The van der Waals surface area contributed by atoms with E-state index >= 15 is 0 Å². The molecular weight excluding hydrogens is 264 g/mol. The van der Waals surface area contributed by atoms with Crippen LogP contribution in [0.1, 0.15) is 5.56 Å². The van der Waals surface area contributed by atoms with Crippen molar-refractivity contribution in [2.45, 2.75) is 6.54 Å². The van der Waals surface area contributed by atoms with Gasteiger partial charge >= 0.3 is 6.03 Å². The Morgan fingerprint density at radius 1 is 1.16 bits per heavy atom. The molecule has 0 aliphatic rings. The molecule has 1 aromatic heterocycles. The highest BCUT2D eigenvalue weighted by Gasteiger charge is 2.03. The standard InChI is InChI=1S/C13H13ClN4O/c14-10-3-6-12(16-8-10)18-13(19)17-11-4-1-9(7-15)2-5-11/h1-6,8H,7,15H2,(H2,16,17,18,19). The lowest BCUT2D eigenvalue weighted by Crippen LogP contribution is -2.20. The summed E-state index contributed by atoms with van der Waals surface area (Å²) in [5, 5.41) is 5.81. The minimum absolute atomic E-state index is 0.365. The molecule has 0 aliphatic heterocycles. The van der Waals surface area contributed by atoms with E-state index < -0.39 is 0 Å². The van der Waals surface area contributed by atoms with Crippen molar-refractivity contribution in [3.8, 4) is 0 Å². The van der Waals surface area contributed by atoms with Crippen molar-refractivity contribution in [2.75, 3.05) is 10.6 Å². The maximum absolute atomic E-state index is 11.7. The SMILES string of the molecule is NCc1ccc(NC(=O)Nc2ccc(Cl)cn2)cc1. The third kappa shape index (κ3) is 3.94. The van der Waals surface area contributed by atoms with Gasteiger partial charge in [-0.15, -0.1) is 0 Å². The molecule has 4 N–H and O–H groups in total. The average molecular weight is 277 g/mol. The van der Waals surface area contributed by atoms with E-state index in [1.807, 2.05) is 12.1 Å². The van der Waals surface area contributed by atoms with Crippen LogP contribution in [0.25, 0.3) is 0 Å². The first-order valence-corrected chi connectivity index (χ1v) is 6.04. The highest BCUT2D eigenvalue weighted by Crippen LogP contribution is 2.11. The highest BCUT2D eigenvalue weighted by molar-refractivity contribution is 6.30. The van der Waals surface area contributed by atoms with Gasteiger partial charge in [0.1, 0.15) is 5.82 Å². The van der Waals surface area contributed by atoms with Gasteiger partial charge in [-0.25, -0.2) is 9.78 Å². The second-order valence-electron chi connectivity index (χ2n) is 3.84. The topological polar surface area (TPSA) is 80.0 Å². The van der Waals surface area contributed by atoms with E-state index in [4.69, 9.17) is 17.3 Å². The van der Waals surface area contributed by atoms with E-state index in [2.05, 4.69) is 15.6 Å². The summed E-state index contributed by atoms with van der Waals surface area (Å²) in [4.78, 5) is 15.7. The van der Waals surface area contributed by atoms with Gasteiger partial charge in [-0.1, -0.05) is 23.7 Å². The van der Waals surface area contributed by atoms with Crippen molar-refractivity contribution < 1.29 is 4.79 Å². The molecule has 0 fully saturated rings. The van der Waals surface area contributed by atoms with E-state index in [0.717, 1.165) is 5.56 Å². The molecule has 0 unspecified atom stereocenters. The Hall–Kier alpha value is -2.11. The molecule has 6 heteroatoms. The number of hydrogen-bond donors (Lipinski definition) is 3. The highest BCUT2D eigenvalue weighted by atomic mass is 35.5. The number of anilines is 2. The minimum Gasteiger partial charge on any atom is -0.326 e. The summed E-state index contributed by atoms with van der Waals surface area (Å²) in [7, 11) is 0. The van der Waals surface area contributed by atoms with Crippen molar-refractivity contribution in [3.05, 3.63) is 53.2 Å². The Balaban J connectivity index is 1.95. The molecule has 5 nitrogen and oxygen atoms in total. The van der Waals surface area contributed by atoms with Gasteiger partial charge in [0.2, 0.25) is 0 Å². The zero-order chi connectivity index (χ0) is 13.7. The molecule has 2 amide bonds. The second kappa shape index (κ2) is 6.17. The van der Waals surface area contributed by atoms with Crippen LogP contribution < -0.4 is 16.4 Å². The van der Waals surface area contributed by atoms with Crippen LogP contribution in [0, 0.1) is 0 Å². The smallest absolute Gasteiger partial charge is 0.324 e. The molecule has 0 radical (unpaired) electrons. The molecule has 0 saturated carbocycles. The van der Waals surface area contributed by atoms with Gasteiger partial charge in [0, 0.05) is 18.4 Å². The Kier molecular flexibility index (Phi) is 4.33. The largest absolute Gasteiger partial charge is 0.326 e. The van der Waals surface area contributed by atoms with Crippen LogP contribution in [-0.4, -0.2) is 11.0 Å². The second-order valence-corrected chi connectivity index (χ2v) is 4.28. The Labute approximate surface area is 115 Å². The minimum atomic E-state index is -0.365. The van der Waals surface area contributed by atoms with Gasteiger partial charge in [0.15, 0.2) is 0 Å². The molecule has 0 atom stereocenters. The molecule has 98 valence electrons. The van der Waals surface area contributed by atoms with Crippen LogP contribution in [0.5, 0.6) is 0 Å². The fourth-order valence-electron chi connectivity index (χ4n) is 1.45. The quantitative estimate of drug-likeness (QED) is 0.806. The first-order chi connectivity index (χ1) is 9.17. The van der Waals surface area contributed by atoms with Gasteiger partial charge in [-0.2, -0.15) is 0 Å². The van der Waals surface area contributed by atoms with Crippen LogP contribution >= 0.6 is 11.6 Å². The summed E-state index contributed by atoms with van der Waals surface area (Å²) in [6, 6.07) is 10.2. The number of halogens is 1. The summed E-state index contributed by atoms with van der Waals surface area (Å²) in [6.45, 7) is 0.473. The Bertz CT molecular complexity index is 554. The molecule has 2 aromatic rings. The molecule has 19 heavy (non-hydrogen) atoms. The van der Waals surface area contributed by atoms with Gasteiger partial charge < -0.3 is 11.1 Å². The fraction of sp³-hybridized carbons (Fsp3) is 0.0769. The van der Waals surface area contributed by atoms with E-state index in [1.165, 1.54) is 6.20 Å². The van der Waals surface area contributed by atoms with Crippen molar-refractivity contribution in [1.82, 2.24) is 4.98 Å². The van der Waals surface area contributed by atoms with Crippen molar-refractivity contribution in [1.29, 1.82) is 0 Å². The zero-order valence-electron chi connectivity index (χ0n) is 10.1. The van der Waals surface area contributed by atoms with Gasteiger partial charge in [-0.3, -0.25) is 5.32 Å². The molecule has 0 bridgehead atoms. The molecule has 2 rings (SSSR count). The summed E-state index contributed by atoms with van der Waals surface area (Å²) in [5.41, 5.74) is 7.19. The zero-order valence-corrected chi connectivity index (χ0v) is 10.8. The van der Waals surface area contributed by atoms with E-state index in [0.29, 0.717) is 23.1 Å². The summed E-state index contributed by atoms with van der Waals surface area (Å²) < 4.78 is 0. The maximum Gasteiger partial charge on any atom is 0.324 e. The number of urea groups is 1. The van der Waals surface area contributed by atoms with Crippen molar-refractivity contribution in [3.63, 3.8) is 0 Å². The van der Waals surface area contributed by atoms with Crippen LogP contribution in [0.4, 0.5) is 16.3 Å². The third-order valence-electron chi connectivity index (χ3n) is 2.42. The number of rotatable bonds is 3. The summed E-state index contributed by atoms with van der Waals surface area (Å²) in [5.74, 6) is 0.431. The van der Waals surface area contributed by atoms with Crippen molar-refractivity contribution >= 4 is 29.1 Å². The van der Waals surface area contributed by atoms with Gasteiger partial charge in [-0.05, 0) is 29.8 Å². The molecule has 0 spiro atoms. The van der Waals surface area contributed by atoms with E-state index in [1.54, 1.807) is 24.3 Å². The number of aromatic nitrogens is 1. The van der Waals surface area contributed by atoms with Crippen molar-refractivity contribution in [2.24, 2.45) is 5.73 Å². The molecule has 0 aliphatic carbocycles. The van der Waals surface area contributed by atoms with Crippen LogP contribution in [-0.2, 0) is 6.54 Å². The Morgan fingerprint density at radius 3 is 2.47 bits per heavy atom. The number of nitrogens with zero attached hydrogens (tertiary/aromatic N) is 1. The lowest BCUT2D eigenvalue weighted by Gasteiger charge is -2.07. The fourth-order valence-corrected chi connectivity index (χ4v) is 1.56. The number of nitrogens with two attached hydrogens (primary N) is 1. The molecule has 1 heterocycles. The van der Waals surface area contributed by atoms with Crippen LogP contribution in [0.3, 0.4) is 0 Å². The molecule has 1 aromatic carbocycles. The number of carbonyl (C=O) groups is 1. The Morgan fingerprint density at radius 2 is 1.89 bits per heavy atom. The number of pyridine rings is 1. The van der Waals surface area contributed by atoms with Crippen LogP contribution in [0.2, 0.25) is 5.02 Å². The lowest BCUT2D eigenvalue weighted by atomic mass is 10.2. The van der Waals surface area contributed by atoms with E-state index in [-0.39, 0.29) is 6.03 Å². The monoisotopic (exact) mass is 276 g/mol. The number of carbonyl (C=O) groups excluding carboxylic acids is 1. The molecular formula is C13H13ClN4O.